The van der Waals surface area contributed by atoms with Crippen LogP contribution in [0, 0.1) is 0 Å². The normalized spacial score (nSPS) is 10.6. The van der Waals surface area contributed by atoms with Gasteiger partial charge in [0.1, 0.15) is 11.2 Å². The van der Waals surface area contributed by atoms with E-state index in [1.165, 1.54) is 6.08 Å². The van der Waals surface area contributed by atoms with E-state index in [1.807, 2.05) is 6.07 Å². The molecule has 4 heteroatoms. The van der Waals surface area contributed by atoms with Crippen LogP contribution in [0.3, 0.4) is 0 Å². The first-order valence-electron chi connectivity index (χ1n) is 6.08. The van der Waals surface area contributed by atoms with Gasteiger partial charge in [-0.2, -0.15) is 0 Å². The highest BCUT2D eigenvalue weighted by Crippen LogP contribution is 2.21. The molecule has 20 heavy (non-hydrogen) atoms. The lowest BCUT2D eigenvalue weighted by Crippen LogP contribution is -2.08. The second-order valence-electron chi connectivity index (χ2n) is 4.33. The summed E-state index contributed by atoms with van der Waals surface area (Å²) in [7, 11) is 0. The standard InChI is InChI=1S/C16H11NO3/c1-2-15(18)17-10-7-8-14-12(9-10)16(19)11-5-3-4-6-13(11)20-14/h2-9H,1H2,(H,17,18). The summed E-state index contributed by atoms with van der Waals surface area (Å²) in [5.41, 5.74) is 1.46. The van der Waals surface area contributed by atoms with Gasteiger partial charge in [-0.05, 0) is 36.4 Å². The third-order valence-electron chi connectivity index (χ3n) is 3.03. The summed E-state index contributed by atoms with van der Waals surface area (Å²) in [5, 5.41) is 3.58. The topological polar surface area (TPSA) is 59.3 Å². The fraction of sp³-hybridized carbons (Fsp3) is 0. The molecule has 0 aliphatic carbocycles. The van der Waals surface area contributed by atoms with Crippen molar-refractivity contribution in [1.29, 1.82) is 0 Å². The number of hydrogen-bond donors (Lipinski definition) is 1. The zero-order chi connectivity index (χ0) is 14.1. The number of para-hydroxylation sites is 1. The number of rotatable bonds is 2. The van der Waals surface area contributed by atoms with Crippen LogP contribution in [-0.2, 0) is 4.79 Å². The van der Waals surface area contributed by atoms with Crippen LogP contribution in [-0.4, -0.2) is 5.91 Å². The molecular weight excluding hydrogens is 254 g/mol. The van der Waals surface area contributed by atoms with Crippen molar-refractivity contribution in [2.24, 2.45) is 0 Å². The zero-order valence-corrected chi connectivity index (χ0v) is 10.6. The molecule has 0 fully saturated rings. The van der Waals surface area contributed by atoms with Crippen molar-refractivity contribution in [3.8, 4) is 0 Å². The zero-order valence-electron chi connectivity index (χ0n) is 10.6. The number of benzene rings is 2. The Labute approximate surface area is 114 Å². The third-order valence-corrected chi connectivity index (χ3v) is 3.03. The Kier molecular flexibility index (Phi) is 2.84. The van der Waals surface area contributed by atoms with Gasteiger partial charge in [-0.25, -0.2) is 0 Å². The van der Waals surface area contributed by atoms with Crippen LogP contribution in [0.15, 0.2) is 64.3 Å². The molecule has 1 amide bonds. The number of carbonyl (C=O) groups is 1. The molecule has 0 aliphatic heterocycles. The molecule has 0 saturated heterocycles. The number of nitrogens with one attached hydrogen (secondary N) is 1. The van der Waals surface area contributed by atoms with E-state index >= 15 is 0 Å². The Balaban J connectivity index is 2.25. The van der Waals surface area contributed by atoms with E-state index in [-0.39, 0.29) is 11.3 Å². The molecule has 0 saturated carbocycles. The summed E-state index contributed by atoms with van der Waals surface area (Å²) in [4.78, 5) is 23.7. The number of amides is 1. The van der Waals surface area contributed by atoms with Gasteiger partial charge in [0.25, 0.3) is 0 Å². The molecule has 1 heterocycles. The molecule has 0 bridgehead atoms. The second kappa shape index (κ2) is 4.66. The number of anilines is 1. The van der Waals surface area contributed by atoms with Gasteiger partial charge in [0.15, 0.2) is 0 Å². The summed E-state index contributed by atoms with van der Waals surface area (Å²) < 4.78 is 5.68. The maximum Gasteiger partial charge on any atom is 0.247 e. The highest BCUT2D eigenvalue weighted by Gasteiger charge is 2.08. The maximum absolute atomic E-state index is 12.4. The molecule has 1 aromatic heterocycles. The van der Waals surface area contributed by atoms with E-state index in [9.17, 15) is 9.59 Å². The van der Waals surface area contributed by atoms with E-state index in [2.05, 4.69) is 11.9 Å². The SMILES string of the molecule is C=CC(=O)Nc1ccc2oc3ccccc3c(=O)c2c1. The lowest BCUT2D eigenvalue weighted by Gasteiger charge is -2.05. The monoisotopic (exact) mass is 265 g/mol. The van der Waals surface area contributed by atoms with Crippen LogP contribution >= 0.6 is 0 Å². The predicted molar refractivity (Wildman–Crippen MR) is 78.8 cm³/mol. The minimum atomic E-state index is -0.325. The Morgan fingerprint density at radius 3 is 2.65 bits per heavy atom. The first kappa shape index (κ1) is 12.2. The minimum Gasteiger partial charge on any atom is -0.456 e. The summed E-state index contributed by atoms with van der Waals surface area (Å²) in [5.74, 6) is -0.325. The van der Waals surface area contributed by atoms with Crippen LogP contribution in [0.5, 0.6) is 0 Å². The molecule has 3 aromatic rings. The first-order valence-corrected chi connectivity index (χ1v) is 6.08. The highest BCUT2D eigenvalue weighted by atomic mass is 16.3. The Bertz CT molecular complexity index is 893. The van der Waals surface area contributed by atoms with Gasteiger partial charge >= 0.3 is 0 Å². The molecule has 1 N–H and O–H groups in total. The first-order chi connectivity index (χ1) is 9.69. The van der Waals surface area contributed by atoms with Gasteiger partial charge in [0.05, 0.1) is 10.8 Å². The van der Waals surface area contributed by atoms with Gasteiger partial charge in [-0.1, -0.05) is 18.7 Å². The predicted octanol–water partition coefficient (Wildman–Crippen LogP) is 3.07. The number of hydrogen-bond acceptors (Lipinski definition) is 3. The fourth-order valence-electron chi connectivity index (χ4n) is 2.07. The summed E-state index contributed by atoms with van der Waals surface area (Å²) in [6.45, 7) is 3.39. The van der Waals surface area contributed by atoms with Crippen molar-refractivity contribution in [3.05, 3.63) is 65.3 Å². The summed E-state index contributed by atoms with van der Waals surface area (Å²) >= 11 is 0. The Morgan fingerprint density at radius 2 is 1.85 bits per heavy atom. The highest BCUT2D eigenvalue weighted by molar-refractivity contribution is 6.00. The van der Waals surface area contributed by atoms with E-state index in [0.717, 1.165) is 0 Å². The largest absolute Gasteiger partial charge is 0.456 e. The molecule has 0 spiro atoms. The van der Waals surface area contributed by atoms with Crippen molar-refractivity contribution in [1.82, 2.24) is 0 Å². The second-order valence-corrected chi connectivity index (χ2v) is 4.33. The smallest absolute Gasteiger partial charge is 0.247 e. The lowest BCUT2D eigenvalue weighted by atomic mass is 10.1. The average molecular weight is 265 g/mol. The fourth-order valence-corrected chi connectivity index (χ4v) is 2.07. The van der Waals surface area contributed by atoms with Gasteiger partial charge in [-0.3, -0.25) is 9.59 Å². The molecule has 0 atom stereocenters. The molecule has 0 aliphatic rings. The van der Waals surface area contributed by atoms with Gasteiger partial charge < -0.3 is 9.73 Å². The van der Waals surface area contributed by atoms with Crippen molar-refractivity contribution >= 4 is 33.5 Å². The molecule has 98 valence electrons. The van der Waals surface area contributed by atoms with E-state index in [1.54, 1.807) is 36.4 Å². The van der Waals surface area contributed by atoms with E-state index in [0.29, 0.717) is 27.6 Å². The lowest BCUT2D eigenvalue weighted by molar-refractivity contribution is -0.111. The van der Waals surface area contributed by atoms with Gasteiger partial charge in [-0.15, -0.1) is 0 Å². The molecule has 0 unspecified atom stereocenters. The number of fused-ring (bicyclic) bond motifs is 2. The summed E-state index contributed by atoms with van der Waals surface area (Å²) in [6.07, 6.45) is 1.17. The Hall–Kier alpha value is -2.88. The number of carbonyl (C=O) groups excluding carboxylic acids is 1. The van der Waals surface area contributed by atoms with Crippen LogP contribution < -0.4 is 10.7 Å². The van der Waals surface area contributed by atoms with Crippen molar-refractivity contribution in [2.45, 2.75) is 0 Å². The van der Waals surface area contributed by atoms with Crippen molar-refractivity contribution in [2.75, 3.05) is 5.32 Å². The van der Waals surface area contributed by atoms with Crippen LogP contribution in [0.2, 0.25) is 0 Å². The minimum absolute atomic E-state index is 0.114. The van der Waals surface area contributed by atoms with Gasteiger partial charge in [0, 0.05) is 5.69 Å². The molecule has 0 radical (unpaired) electrons. The van der Waals surface area contributed by atoms with E-state index in [4.69, 9.17) is 4.42 Å². The van der Waals surface area contributed by atoms with Crippen LogP contribution in [0.25, 0.3) is 21.9 Å². The molecule has 4 nitrogen and oxygen atoms in total. The quantitative estimate of drug-likeness (QED) is 0.572. The van der Waals surface area contributed by atoms with E-state index < -0.39 is 0 Å². The van der Waals surface area contributed by atoms with Crippen molar-refractivity contribution in [3.63, 3.8) is 0 Å². The summed E-state index contributed by atoms with van der Waals surface area (Å²) in [6, 6.07) is 12.0. The van der Waals surface area contributed by atoms with Crippen molar-refractivity contribution < 1.29 is 9.21 Å². The molecule has 3 rings (SSSR count). The average Bonchev–Trinajstić information content (AvgIpc) is 2.48. The third kappa shape index (κ3) is 1.97. The maximum atomic E-state index is 12.4. The molecular formula is C16H11NO3. The Morgan fingerprint density at radius 1 is 1.10 bits per heavy atom. The van der Waals surface area contributed by atoms with Crippen LogP contribution in [0.4, 0.5) is 5.69 Å². The van der Waals surface area contributed by atoms with Crippen LogP contribution in [0.1, 0.15) is 0 Å². The van der Waals surface area contributed by atoms with Gasteiger partial charge in [0.2, 0.25) is 11.3 Å². The molecule has 2 aromatic carbocycles.